The summed E-state index contributed by atoms with van der Waals surface area (Å²) < 4.78 is 11.8. The molecule has 0 aliphatic heterocycles. The van der Waals surface area contributed by atoms with Crippen LogP contribution >= 0.6 is 38.5 Å². The second-order valence-electron chi connectivity index (χ2n) is 4.61. The number of hydrogen-bond acceptors (Lipinski definition) is 7. The molecule has 1 aromatic carbocycles. The van der Waals surface area contributed by atoms with E-state index in [0.717, 1.165) is 7.11 Å². The first-order valence-electron chi connectivity index (χ1n) is 6.48. The smallest absolute Gasteiger partial charge is 0.357 e. The van der Waals surface area contributed by atoms with Crippen molar-refractivity contribution < 1.29 is 19.2 Å². The number of benzene rings is 1. The standard InChI is InChI=1S/C14H10BrIN4O5/c1-24-13-7(15)3-8(16)10(12(13)20(22)23)19-5-6(4-17)9(18)11(19)14(21)25-2/h3,5H,18H2,1-2H3. The lowest BCUT2D eigenvalue weighted by atomic mass is 10.2. The number of nitriles is 1. The van der Waals surface area contributed by atoms with Crippen molar-refractivity contribution >= 4 is 55.9 Å². The number of anilines is 1. The molecule has 0 unspecified atom stereocenters. The lowest BCUT2D eigenvalue weighted by molar-refractivity contribution is -0.385. The van der Waals surface area contributed by atoms with Gasteiger partial charge in [0.1, 0.15) is 11.8 Å². The van der Waals surface area contributed by atoms with Gasteiger partial charge in [-0.1, -0.05) is 0 Å². The first-order valence-corrected chi connectivity index (χ1v) is 8.35. The maximum atomic E-state index is 12.1. The van der Waals surface area contributed by atoms with Crippen molar-refractivity contribution in [3.63, 3.8) is 0 Å². The molecule has 0 radical (unpaired) electrons. The summed E-state index contributed by atoms with van der Waals surface area (Å²) in [5.41, 5.74) is 5.20. The number of methoxy groups -OCH3 is 2. The van der Waals surface area contributed by atoms with E-state index in [0.29, 0.717) is 8.04 Å². The third kappa shape index (κ3) is 3.14. The molecule has 2 N–H and O–H groups in total. The minimum Gasteiger partial charge on any atom is -0.489 e. The Morgan fingerprint density at radius 2 is 2.16 bits per heavy atom. The molecular weight excluding hydrogens is 511 g/mol. The Hall–Kier alpha value is -2.33. The lowest BCUT2D eigenvalue weighted by Crippen LogP contribution is -2.13. The van der Waals surface area contributed by atoms with Crippen LogP contribution in [-0.2, 0) is 4.74 Å². The Bertz CT molecular complexity index is 935. The van der Waals surface area contributed by atoms with Gasteiger partial charge in [-0.3, -0.25) is 10.1 Å². The maximum Gasteiger partial charge on any atom is 0.357 e. The fourth-order valence-corrected chi connectivity index (χ4v) is 4.10. The van der Waals surface area contributed by atoms with Gasteiger partial charge in [0.15, 0.2) is 5.69 Å². The van der Waals surface area contributed by atoms with Crippen molar-refractivity contribution in [2.45, 2.75) is 0 Å². The second-order valence-corrected chi connectivity index (χ2v) is 6.62. The van der Waals surface area contributed by atoms with Gasteiger partial charge in [0.05, 0.1) is 34.9 Å². The van der Waals surface area contributed by atoms with Crippen LogP contribution in [0.4, 0.5) is 11.4 Å². The highest BCUT2D eigenvalue weighted by Crippen LogP contribution is 2.43. The van der Waals surface area contributed by atoms with Crippen molar-refractivity contribution in [1.82, 2.24) is 4.57 Å². The zero-order valence-corrected chi connectivity index (χ0v) is 16.6. The molecule has 0 spiro atoms. The minimum absolute atomic E-state index is 0.00705. The third-order valence-corrected chi connectivity index (χ3v) is 4.72. The third-order valence-electron chi connectivity index (χ3n) is 3.31. The molecule has 0 saturated heterocycles. The zero-order chi connectivity index (χ0) is 18.9. The molecule has 0 bridgehead atoms. The normalized spacial score (nSPS) is 10.2. The van der Waals surface area contributed by atoms with E-state index in [1.165, 1.54) is 17.9 Å². The fourth-order valence-electron chi connectivity index (χ4n) is 2.26. The zero-order valence-electron chi connectivity index (χ0n) is 12.9. The molecule has 11 heteroatoms. The van der Waals surface area contributed by atoms with Gasteiger partial charge < -0.3 is 19.8 Å². The van der Waals surface area contributed by atoms with Crippen molar-refractivity contribution in [1.29, 1.82) is 5.26 Å². The number of hydrogen-bond donors (Lipinski definition) is 1. The van der Waals surface area contributed by atoms with Crippen LogP contribution in [0, 0.1) is 25.0 Å². The Balaban J connectivity index is 3.00. The number of ether oxygens (including phenoxy) is 2. The number of aromatic nitrogens is 1. The van der Waals surface area contributed by atoms with Crippen LogP contribution in [0.25, 0.3) is 5.69 Å². The molecule has 9 nitrogen and oxygen atoms in total. The molecule has 0 amide bonds. The number of nitrogens with zero attached hydrogens (tertiary/aromatic N) is 3. The first-order chi connectivity index (χ1) is 11.8. The molecule has 0 saturated carbocycles. The topological polar surface area (TPSA) is 133 Å². The summed E-state index contributed by atoms with van der Waals surface area (Å²) in [6.07, 6.45) is 1.25. The number of nitrogen functional groups attached to an aromatic ring is 1. The number of carbonyl (C=O) groups excluding carboxylic acids is 1. The van der Waals surface area contributed by atoms with Gasteiger partial charge in [0.25, 0.3) is 0 Å². The highest BCUT2D eigenvalue weighted by Gasteiger charge is 2.32. The van der Waals surface area contributed by atoms with Crippen molar-refractivity contribution in [2.24, 2.45) is 0 Å². The number of esters is 1. The SMILES string of the molecule is COC(=O)c1c(N)c(C#N)cn1-c1c(I)cc(Br)c(OC)c1[N+](=O)[O-]. The van der Waals surface area contributed by atoms with E-state index in [-0.39, 0.29) is 34.1 Å². The van der Waals surface area contributed by atoms with E-state index < -0.39 is 10.9 Å². The maximum absolute atomic E-state index is 12.1. The van der Waals surface area contributed by atoms with Crippen LogP contribution < -0.4 is 10.5 Å². The lowest BCUT2D eigenvalue weighted by Gasteiger charge is -2.14. The molecule has 2 rings (SSSR count). The number of halogens is 2. The molecule has 0 aliphatic carbocycles. The van der Waals surface area contributed by atoms with Crippen LogP contribution in [-0.4, -0.2) is 29.7 Å². The van der Waals surface area contributed by atoms with Crippen molar-refractivity contribution in [3.05, 3.63) is 41.7 Å². The summed E-state index contributed by atoms with van der Waals surface area (Å²) in [6.45, 7) is 0. The number of nitrogens with two attached hydrogens (primary N) is 1. The monoisotopic (exact) mass is 520 g/mol. The molecule has 2 aromatic rings. The summed E-state index contributed by atoms with van der Waals surface area (Å²) >= 11 is 5.10. The van der Waals surface area contributed by atoms with Gasteiger partial charge >= 0.3 is 11.7 Å². The Morgan fingerprint density at radius 1 is 1.52 bits per heavy atom. The Kier molecular flexibility index (Phi) is 5.53. The largest absolute Gasteiger partial charge is 0.489 e. The summed E-state index contributed by atoms with van der Waals surface area (Å²) in [4.78, 5) is 23.2. The van der Waals surface area contributed by atoms with Crippen LogP contribution in [0.1, 0.15) is 16.1 Å². The molecule has 130 valence electrons. The minimum atomic E-state index is -0.828. The van der Waals surface area contributed by atoms with Gasteiger partial charge in [-0.2, -0.15) is 5.26 Å². The van der Waals surface area contributed by atoms with Crippen LogP contribution in [0.15, 0.2) is 16.7 Å². The van der Waals surface area contributed by atoms with Gasteiger partial charge in [-0.25, -0.2) is 4.79 Å². The number of carbonyl (C=O) groups is 1. The van der Waals surface area contributed by atoms with E-state index in [9.17, 15) is 20.2 Å². The fraction of sp³-hybridized carbons (Fsp3) is 0.143. The molecule has 0 aliphatic rings. The van der Waals surface area contributed by atoms with Gasteiger partial charge in [0.2, 0.25) is 5.75 Å². The summed E-state index contributed by atoms with van der Waals surface area (Å²) in [7, 11) is 2.43. The van der Waals surface area contributed by atoms with E-state index in [4.69, 9.17) is 15.2 Å². The Labute approximate surface area is 163 Å². The number of nitro groups is 1. The van der Waals surface area contributed by atoms with Crippen LogP contribution in [0.5, 0.6) is 5.75 Å². The molecule has 0 fully saturated rings. The summed E-state index contributed by atoms with van der Waals surface area (Å²) in [5.74, 6) is -0.854. The predicted molar refractivity (Wildman–Crippen MR) is 99.9 cm³/mol. The summed E-state index contributed by atoms with van der Waals surface area (Å²) in [6, 6.07) is 3.43. The molecule has 1 aromatic heterocycles. The van der Waals surface area contributed by atoms with Crippen molar-refractivity contribution in [2.75, 3.05) is 20.0 Å². The molecule has 25 heavy (non-hydrogen) atoms. The second kappa shape index (κ2) is 7.28. The quantitative estimate of drug-likeness (QED) is 0.283. The molecule has 1 heterocycles. The predicted octanol–water partition coefficient (Wildman–Crippen LogP) is 3.00. The van der Waals surface area contributed by atoms with E-state index in [2.05, 4.69) is 15.9 Å². The average molecular weight is 521 g/mol. The van der Waals surface area contributed by atoms with E-state index >= 15 is 0 Å². The number of rotatable bonds is 4. The van der Waals surface area contributed by atoms with Crippen LogP contribution in [0.3, 0.4) is 0 Å². The Morgan fingerprint density at radius 3 is 2.64 bits per heavy atom. The first kappa shape index (κ1) is 19.0. The van der Waals surface area contributed by atoms with E-state index in [1.54, 1.807) is 6.07 Å². The molecule has 0 atom stereocenters. The highest BCUT2D eigenvalue weighted by molar-refractivity contribution is 14.1. The van der Waals surface area contributed by atoms with Crippen LogP contribution in [0.2, 0.25) is 0 Å². The van der Waals surface area contributed by atoms with Gasteiger partial charge in [-0.05, 0) is 44.6 Å². The molecular formula is C14H10BrIN4O5. The van der Waals surface area contributed by atoms with Gasteiger partial charge in [0, 0.05) is 9.77 Å². The highest BCUT2D eigenvalue weighted by atomic mass is 127. The number of nitro benzene ring substituents is 1. The summed E-state index contributed by atoms with van der Waals surface area (Å²) in [5, 5.41) is 20.9. The van der Waals surface area contributed by atoms with E-state index in [1.807, 2.05) is 28.7 Å². The van der Waals surface area contributed by atoms with Crippen molar-refractivity contribution in [3.8, 4) is 17.5 Å². The van der Waals surface area contributed by atoms with Gasteiger partial charge in [-0.15, -0.1) is 0 Å². The average Bonchev–Trinajstić information content (AvgIpc) is 2.89.